The van der Waals surface area contributed by atoms with Crippen LogP contribution in [0.4, 0.5) is 0 Å². The van der Waals surface area contributed by atoms with Gasteiger partial charge in [-0.15, -0.1) is 24.0 Å². The van der Waals surface area contributed by atoms with Gasteiger partial charge < -0.3 is 24.8 Å². The Kier molecular flexibility index (Phi) is 10.4. The summed E-state index contributed by atoms with van der Waals surface area (Å²) in [6, 6.07) is 14.2. The van der Waals surface area contributed by atoms with Gasteiger partial charge in [-0.1, -0.05) is 30.3 Å². The summed E-state index contributed by atoms with van der Waals surface area (Å²) in [5.41, 5.74) is 2.24. The van der Waals surface area contributed by atoms with Crippen LogP contribution < -0.4 is 24.8 Å². The number of hydrogen-bond acceptors (Lipinski definition) is 4. The average Bonchev–Trinajstić information content (AvgIpc) is 2.70. The highest BCUT2D eigenvalue weighted by molar-refractivity contribution is 14.0. The zero-order valence-electron chi connectivity index (χ0n) is 16.2. The summed E-state index contributed by atoms with van der Waals surface area (Å²) in [5, 5.41) is 6.62. The maximum absolute atomic E-state index is 5.51. The Morgan fingerprint density at radius 3 is 2.19 bits per heavy atom. The molecule has 0 aliphatic carbocycles. The fourth-order valence-corrected chi connectivity index (χ4v) is 2.67. The van der Waals surface area contributed by atoms with Crippen molar-refractivity contribution < 1.29 is 14.2 Å². The van der Waals surface area contributed by atoms with E-state index in [0.717, 1.165) is 24.5 Å². The predicted octanol–water partition coefficient (Wildman–Crippen LogP) is 3.24. The minimum Gasteiger partial charge on any atom is -0.493 e. The molecule has 0 atom stereocenters. The van der Waals surface area contributed by atoms with Gasteiger partial charge in [-0.05, 0) is 24.1 Å². The summed E-state index contributed by atoms with van der Waals surface area (Å²) in [5.74, 6) is 2.61. The summed E-state index contributed by atoms with van der Waals surface area (Å²) in [4.78, 5) is 4.26. The Morgan fingerprint density at radius 2 is 1.59 bits per heavy atom. The summed E-state index contributed by atoms with van der Waals surface area (Å²) in [7, 11) is 6.58. The van der Waals surface area contributed by atoms with Crippen molar-refractivity contribution >= 4 is 29.9 Å². The highest BCUT2D eigenvalue weighted by Gasteiger charge is 2.15. The van der Waals surface area contributed by atoms with Crippen LogP contribution in [0.3, 0.4) is 0 Å². The molecule has 2 N–H and O–H groups in total. The molecule has 0 radical (unpaired) electrons. The van der Waals surface area contributed by atoms with E-state index in [1.54, 1.807) is 28.4 Å². The summed E-state index contributed by atoms with van der Waals surface area (Å²) < 4.78 is 16.2. The third kappa shape index (κ3) is 6.50. The zero-order valence-corrected chi connectivity index (χ0v) is 18.6. The van der Waals surface area contributed by atoms with Crippen LogP contribution in [0.2, 0.25) is 0 Å². The standard InChI is InChI=1S/C20H27N3O3.HI/c1-21-20(22-13-12-15-8-6-5-7-9-15)23-14-16-10-11-17(24-2)19(26-4)18(16)25-3;/h5-11H,12-14H2,1-4H3,(H2,21,22,23);1H. The van der Waals surface area contributed by atoms with Crippen LogP contribution in [0.15, 0.2) is 47.5 Å². The van der Waals surface area contributed by atoms with E-state index in [9.17, 15) is 0 Å². The third-order valence-electron chi connectivity index (χ3n) is 4.00. The molecule has 0 aromatic heterocycles. The summed E-state index contributed by atoms with van der Waals surface area (Å²) in [6.45, 7) is 1.35. The molecular formula is C20H28IN3O3. The minimum absolute atomic E-state index is 0. The molecule has 0 saturated heterocycles. The minimum atomic E-state index is 0. The van der Waals surface area contributed by atoms with E-state index in [0.29, 0.717) is 23.8 Å². The van der Waals surface area contributed by atoms with Crippen molar-refractivity contribution in [2.24, 2.45) is 4.99 Å². The maximum atomic E-state index is 5.51. The van der Waals surface area contributed by atoms with Crippen LogP contribution in [-0.4, -0.2) is 40.9 Å². The number of ether oxygens (including phenoxy) is 3. The number of nitrogens with one attached hydrogen (secondary N) is 2. The van der Waals surface area contributed by atoms with Gasteiger partial charge in [0.05, 0.1) is 21.3 Å². The number of hydrogen-bond donors (Lipinski definition) is 2. The Bertz CT molecular complexity index is 724. The number of rotatable bonds is 8. The topological polar surface area (TPSA) is 64.1 Å². The largest absolute Gasteiger partial charge is 0.493 e. The van der Waals surface area contributed by atoms with E-state index in [-0.39, 0.29) is 24.0 Å². The molecule has 0 aliphatic heterocycles. The van der Waals surface area contributed by atoms with Crippen molar-refractivity contribution in [3.8, 4) is 17.2 Å². The van der Waals surface area contributed by atoms with Gasteiger partial charge in [0.15, 0.2) is 17.5 Å². The predicted molar refractivity (Wildman–Crippen MR) is 120 cm³/mol. The molecule has 0 fully saturated rings. The van der Waals surface area contributed by atoms with Gasteiger partial charge in [-0.3, -0.25) is 4.99 Å². The molecule has 148 valence electrons. The molecule has 2 aromatic rings. The van der Waals surface area contributed by atoms with E-state index >= 15 is 0 Å². The van der Waals surface area contributed by atoms with Gasteiger partial charge >= 0.3 is 0 Å². The van der Waals surface area contributed by atoms with Crippen LogP contribution in [0.1, 0.15) is 11.1 Å². The van der Waals surface area contributed by atoms with Crippen LogP contribution in [0.5, 0.6) is 17.2 Å². The molecule has 0 spiro atoms. The summed E-state index contributed by atoms with van der Waals surface area (Å²) in [6.07, 6.45) is 0.932. The highest BCUT2D eigenvalue weighted by Crippen LogP contribution is 2.39. The molecule has 7 heteroatoms. The van der Waals surface area contributed by atoms with Gasteiger partial charge in [0.1, 0.15) is 0 Å². The van der Waals surface area contributed by atoms with Crippen molar-refractivity contribution in [1.82, 2.24) is 10.6 Å². The van der Waals surface area contributed by atoms with E-state index in [2.05, 4.69) is 27.8 Å². The lowest BCUT2D eigenvalue weighted by Gasteiger charge is -2.17. The van der Waals surface area contributed by atoms with Crippen molar-refractivity contribution in [3.05, 3.63) is 53.6 Å². The molecule has 27 heavy (non-hydrogen) atoms. The lowest BCUT2D eigenvalue weighted by Crippen LogP contribution is -2.37. The second-order valence-electron chi connectivity index (χ2n) is 5.58. The number of halogens is 1. The molecule has 0 amide bonds. The number of benzene rings is 2. The molecule has 2 aromatic carbocycles. The summed E-state index contributed by atoms with van der Waals surface area (Å²) >= 11 is 0. The quantitative estimate of drug-likeness (QED) is 0.342. The first kappa shape index (κ1) is 22.9. The normalized spacial score (nSPS) is 10.6. The van der Waals surface area contributed by atoms with Crippen molar-refractivity contribution in [2.75, 3.05) is 34.9 Å². The van der Waals surface area contributed by atoms with Crippen LogP contribution in [0, 0.1) is 0 Å². The fraction of sp³-hybridized carbons (Fsp3) is 0.350. The Balaban J connectivity index is 0.00000364. The molecule has 0 unspecified atom stereocenters. The van der Waals surface area contributed by atoms with E-state index < -0.39 is 0 Å². The average molecular weight is 485 g/mol. The third-order valence-corrected chi connectivity index (χ3v) is 4.00. The SMILES string of the molecule is CN=C(NCCc1ccccc1)NCc1ccc(OC)c(OC)c1OC.I. The van der Waals surface area contributed by atoms with Crippen molar-refractivity contribution in [2.45, 2.75) is 13.0 Å². The van der Waals surface area contributed by atoms with E-state index in [1.165, 1.54) is 5.56 Å². The molecule has 0 bridgehead atoms. The molecule has 0 saturated carbocycles. The maximum Gasteiger partial charge on any atom is 0.203 e. The molecule has 0 aliphatic rings. The van der Waals surface area contributed by atoms with Crippen molar-refractivity contribution in [1.29, 1.82) is 0 Å². The Hall–Kier alpha value is -2.16. The Morgan fingerprint density at radius 1 is 0.889 bits per heavy atom. The van der Waals surface area contributed by atoms with Gasteiger partial charge in [-0.2, -0.15) is 0 Å². The van der Waals surface area contributed by atoms with E-state index in [1.807, 2.05) is 30.3 Å². The molecule has 0 heterocycles. The molecular weight excluding hydrogens is 457 g/mol. The number of aliphatic imine (C=N–C) groups is 1. The van der Waals surface area contributed by atoms with Crippen LogP contribution in [-0.2, 0) is 13.0 Å². The smallest absolute Gasteiger partial charge is 0.203 e. The first-order valence-electron chi connectivity index (χ1n) is 8.49. The first-order chi connectivity index (χ1) is 12.7. The van der Waals surface area contributed by atoms with Gasteiger partial charge in [0.2, 0.25) is 5.75 Å². The highest BCUT2D eigenvalue weighted by atomic mass is 127. The van der Waals surface area contributed by atoms with Crippen molar-refractivity contribution in [3.63, 3.8) is 0 Å². The van der Waals surface area contributed by atoms with Gasteiger partial charge in [-0.25, -0.2) is 0 Å². The lowest BCUT2D eigenvalue weighted by atomic mass is 10.1. The van der Waals surface area contributed by atoms with Crippen LogP contribution >= 0.6 is 24.0 Å². The van der Waals surface area contributed by atoms with E-state index in [4.69, 9.17) is 14.2 Å². The van der Waals surface area contributed by atoms with Crippen LogP contribution in [0.25, 0.3) is 0 Å². The lowest BCUT2D eigenvalue weighted by molar-refractivity contribution is 0.322. The second kappa shape index (κ2) is 12.3. The van der Waals surface area contributed by atoms with Gasteiger partial charge in [0, 0.05) is 25.7 Å². The fourth-order valence-electron chi connectivity index (χ4n) is 2.67. The first-order valence-corrected chi connectivity index (χ1v) is 8.49. The molecule has 6 nitrogen and oxygen atoms in total. The number of methoxy groups -OCH3 is 3. The number of guanidine groups is 1. The Labute approximate surface area is 178 Å². The zero-order chi connectivity index (χ0) is 18.8. The molecule has 2 rings (SSSR count). The number of nitrogens with zero attached hydrogens (tertiary/aromatic N) is 1. The second-order valence-corrected chi connectivity index (χ2v) is 5.58. The van der Waals surface area contributed by atoms with Gasteiger partial charge in [0.25, 0.3) is 0 Å². The monoisotopic (exact) mass is 485 g/mol.